The molecular weight excluding hydrogens is 227 g/mol. The minimum Gasteiger partial charge on any atom is -0.326 e. The molecule has 1 aliphatic rings. The van der Waals surface area contributed by atoms with Crippen molar-refractivity contribution in [3.05, 3.63) is 23.8 Å². The zero-order chi connectivity index (χ0) is 12.4. The highest BCUT2D eigenvalue weighted by molar-refractivity contribution is 6.05. The molecule has 0 aliphatic carbocycles. The first-order chi connectivity index (χ1) is 8.11. The molecule has 90 valence electrons. The third-order valence-corrected chi connectivity index (χ3v) is 2.46. The van der Waals surface area contributed by atoms with Gasteiger partial charge in [-0.3, -0.25) is 15.0 Å². The summed E-state index contributed by atoms with van der Waals surface area (Å²) in [6.45, 7) is 0.339. The van der Waals surface area contributed by atoms with Crippen LogP contribution in [0.4, 0.5) is 14.9 Å². The molecule has 1 saturated heterocycles. The quantitative estimate of drug-likeness (QED) is 0.716. The van der Waals surface area contributed by atoms with Crippen molar-refractivity contribution in [3.63, 3.8) is 0 Å². The zero-order valence-corrected chi connectivity index (χ0v) is 8.94. The van der Waals surface area contributed by atoms with Crippen LogP contribution in [-0.4, -0.2) is 23.5 Å². The molecule has 1 aromatic rings. The normalized spacial score (nSPS) is 16.0. The number of imide groups is 1. The van der Waals surface area contributed by atoms with Crippen LogP contribution >= 0.6 is 0 Å². The lowest BCUT2D eigenvalue weighted by molar-refractivity contribution is -0.120. The van der Waals surface area contributed by atoms with Crippen molar-refractivity contribution in [2.45, 2.75) is 13.0 Å². The van der Waals surface area contributed by atoms with E-state index in [1.165, 1.54) is 12.3 Å². The summed E-state index contributed by atoms with van der Waals surface area (Å²) in [5, 5.41) is 2.11. The Morgan fingerprint density at radius 2 is 2.29 bits per heavy atom. The van der Waals surface area contributed by atoms with Gasteiger partial charge >= 0.3 is 6.03 Å². The smallest absolute Gasteiger partial charge is 0.326 e. The van der Waals surface area contributed by atoms with Gasteiger partial charge in [-0.15, -0.1) is 0 Å². The molecule has 1 fully saturated rings. The van der Waals surface area contributed by atoms with Crippen LogP contribution in [0.5, 0.6) is 0 Å². The first kappa shape index (κ1) is 11.5. The number of carbonyl (C=O) groups is 2. The number of aromatic nitrogens is 1. The van der Waals surface area contributed by atoms with Crippen LogP contribution in [0.25, 0.3) is 0 Å². The van der Waals surface area contributed by atoms with E-state index in [0.717, 1.165) is 4.90 Å². The van der Waals surface area contributed by atoms with Crippen molar-refractivity contribution in [2.24, 2.45) is 5.73 Å². The molecule has 0 aromatic carbocycles. The number of nitrogens with two attached hydrogens (primary N) is 1. The average molecular weight is 238 g/mol. The summed E-state index contributed by atoms with van der Waals surface area (Å²) in [6, 6.07) is 0.814. The van der Waals surface area contributed by atoms with E-state index in [1.54, 1.807) is 0 Å². The fraction of sp³-hybridized carbons (Fsp3) is 0.300. The number of nitrogens with zero attached hydrogens (tertiary/aromatic N) is 2. The first-order valence-corrected chi connectivity index (χ1v) is 5.07. The minimum absolute atomic E-state index is 0.0398. The summed E-state index contributed by atoms with van der Waals surface area (Å²) < 4.78 is 13.5. The van der Waals surface area contributed by atoms with Crippen molar-refractivity contribution < 1.29 is 14.0 Å². The number of nitrogens with one attached hydrogen (secondary N) is 1. The molecule has 6 nitrogen and oxygen atoms in total. The minimum atomic E-state index is -0.758. The number of hydrogen-bond acceptors (Lipinski definition) is 4. The predicted molar refractivity (Wildman–Crippen MR) is 57.6 cm³/mol. The zero-order valence-electron chi connectivity index (χ0n) is 8.94. The second-order valence-electron chi connectivity index (χ2n) is 3.61. The molecular formula is C10H11FN4O2. The van der Waals surface area contributed by atoms with Crippen molar-refractivity contribution in [1.82, 2.24) is 10.3 Å². The van der Waals surface area contributed by atoms with Gasteiger partial charge < -0.3 is 5.73 Å². The van der Waals surface area contributed by atoms with E-state index >= 15 is 0 Å². The topological polar surface area (TPSA) is 88.3 Å². The molecule has 0 unspecified atom stereocenters. The van der Waals surface area contributed by atoms with Crippen LogP contribution in [0, 0.1) is 5.95 Å². The van der Waals surface area contributed by atoms with E-state index in [1.807, 2.05) is 0 Å². The second kappa shape index (κ2) is 4.46. The van der Waals surface area contributed by atoms with Crippen LogP contribution in [0.15, 0.2) is 12.3 Å². The van der Waals surface area contributed by atoms with Crippen LogP contribution in [0.3, 0.4) is 0 Å². The fourth-order valence-corrected chi connectivity index (χ4v) is 1.57. The van der Waals surface area contributed by atoms with Crippen molar-refractivity contribution in [1.29, 1.82) is 0 Å². The largest absolute Gasteiger partial charge is 0.328 e. The summed E-state index contributed by atoms with van der Waals surface area (Å²) in [5.74, 6) is -1.12. The molecule has 0 radical (unpaired) electrons. The van der Waals surface area contributed by atoms with E-state index < -0.39 is 12.0 Å². The SMILES string of the molecule is NCc1cnc(F)c(N2CCC(=O)NC2=O)c1. The molecule has 0 saturated carbocycles. The Labute approximate surface area is 96.6 Å². The maximum atomic E-state index is 13.5. The van der Waals surface area contributed by atoms with Gasteiger partial charge in [0.2, 0.25) is 11.9 Å². The molecule has 0 atom stereocenters. The van der Waals surface area contributed by atoms with Crippen molar-refractivity contribution in [3.8, 4) is 0 Å². The molecule has 3 amide bonds. The highest BCUT2D eigenvalue weighted by atomic mass is 19.1. The standard InChI is InChI=1S/C10H11FN4O2/c11-9-7(3-6(4-12)5-13-9)15-2-1-8(16)14-10(15)17/h3,5H,1-2,4,12H2,(H,14,16,17). The summed E-state index contributed by atoms with van der Waals surface area (Å²) in [5.41, 5.74) is 6.08. The highest BCUT2D eigenvalue weighted by Gasteiger charge is 2.26. The Balaban J connectivity index is 2.33. The van der Waals surface area contributed by atoms with E-state index in [2.05, 4.69) is 10.3 Å². The number of hydrogen-bond donors (Lipinski definition) is 2. The summed E-state index contributed by atoms with van der Waals surface area (Å²) in [4.78, 5) is 27.2. The summed E-state index contributed by atoms with van der Waals surface area (Å²) >= 11 is 0. The Morgan fingerprint density at radius 1 is 1.53 bits per heavy atom. The second-order valence-corrected chi connectivity index (χ2v) is 3.61. The van der Waals surface area contributed by atoms with Gasteiger partial charge in [-0.2, -0.15) is 4.39 Å². The van der Waals surface area contributed by atoms with Crippen LogP contribution < -0.4 is 16.0 Å². The fourth-order valence-electron chi connectivity index (χ4n) is 1.57. The molecule has 7 heteroatoms. The first-order valence-electron chi connectivity index (χ1n) is 5.07. The molecule has 0 bridgehead atoms. The van der Waals surface area contributed by atoms with E-state index in [4.69, 9.17) is 5.73 Å². The maximum Gasteiger partial charge on any atom is 0.328 e. The Morgan fingerprint density at radius 3 is 2.94 bits per heavy atom. The Bertz CT molecular complexity index is 477. The predicted octanol–water partition coefficient (Wildman–Crippen LogP) is 0.126. The third-order valence-electron chi connectivity index (χ3n) is 2.46. The van der Waals surface area contributed by atoms with E-state index in [9.17, 15) is 14.0 Å². The van der Waals surface area contributed by atoms with Crippen LogP contribution in [-0.2, 0) is 11.3 Å². The van der Waals surface area contributed by atoms with Gasteiger partial charge in [-0.1, -0.05) is 0 Å². The average Bonchev–Trinajstić information content (AvgIpc) is 2.30. The highest BCUT2D eigenvalue weighted by Crippen LogP contribution is 2.20. The number of halogens is 1. The lowest BCUT2D eigenvalue weighted by Gasteiger charge is -2.26. The monoisotopic (exact) mass is 238 g/mol. The van der Waals surface area contributed by atoms with E-state index in [0.29, 0.717) is 5.56 Å². The van der Waals surface area contributed by atoms with Gasteiger partial charge in [-0.25, -0.2) is 9.78 Å². The molecule has 2 heterocycles. The van der Waals surface area contributed by atoms with Crippen LogP contribution in [0.1, 0.15) is 12.0 Å². The molecule has 3 N–H and O–H groups in total. The number of rotatable bonds is 2. The summed E-state index contributed by atoms with van der Waals surface area (Å²) in [6.07, 6.45) is 1.45. The lowest BCUT2D eigenvalue weighted by atomic mass is 10.2. The van der Waals surface area contributed by atoms with Gasteiger partial charge in [0.15, 0.2) is 0 Å². The number of anilines is 1. The number of pyridine rings is 1. The van der Waals surface area contributed by atoms with E-state index in [-0.39, 0.29) is 31.1 Å². The molecule has 2 rings (SSSR count). The number of amides is 3. The third kappa shape index (κ3) is 2.23. The van der Waals surface area contributed by atoms with Gasteiger partial charge in [0.25, 0.3) is 0 Å². The van der Waals surface area contributed by atoms with Gasteiger partial charge in [0, 0.05) is 25.7 Å². The molecule has 1 aromatic heterocycles. The Kier molecular flexibility index (Phi) is 3.01. The van der Waals surface area contributed by atoms with Gasteiger partial charge in [0.05, 0.1) is 0 Å². The number of urea groups is 1. The maximum absolute atomic E-state index is 13.5. The molecule has 17 heavy (non-hydrogen) atoms. The Hall–Kier alpha value is -2.02. The van der Waals surface area contributed by atoms with Crippen LogP contribution in [0.2, 0.25) is 0 Å². The van der Waals surface area contributed by atoms with Crippen molar-refractivity contribution in [2.75, 3.05) is 11.4 Å². The molecule has 1 aliphatic heterocycles. The molecule has 0 spiro atoms. The summed E-state index contributed by atoms with van der Waals surface area (Å²) in [7, 11) is 0. The lowest BCUT2D eigenvalue weighted by Crippen LogP contribution is -2.50. The van der Waals surface area contributed by atoms with Gasteiger partial charge in [-0.05, 0) is 11.6 Å². The van der Waals surface area contributed by atoms with Crippen molar-refractivity contribution >= 4 is 17.6 Å². The number of carbonyl (C=O) groups excluding carboxylic acids is 2. The van der Waals surface area contributed by atoms with Gasteiger partial charge in [0.1, 0.15) is 5.69 Å².